The second-order valence-corrected chi connectivity index (χ2v) is 5.44. The first-order chi connectivity index (χ1) is 8.58. The van der Waals surface area contributed by atoms with Crippen LogP contribution in [0, 0.1) is 5.82 Å². The summed E-state index contributed by atoms with van der Waals surface area (Å²) in [6.07, 6.45) is 3.18. The first kappa shape index (κ1) is 13.3. The van der Waals surface area contributed by atoms with Crippen LogP contribution in [0.25, 0.3) is 0 Å². The van der Waals surface area contributed by atoms with Gasteiger partial charge in [0.1, 0.15) is 5.82 Å². The van der Waals surface area contributed by atoms with E-state index in [1.165, 1.54) is 6.07 Å². The van der Waals surface area contributed by atoms with Crippen LogP contribution in [-0.4, -0.2) is 4.98 Å². The van der Waals surface area contributed by atoms with Crippen molar-refractivity contribution < 1.29 is 4.39 Å². The van der Waals surface area contributed by atoms with E-state index in [-0.39, 0.29) is 5.82 Å². The van der Waals surface area contributed by atoms with E-state index in [2.05, 4.69) is 42.2 Å². The Bertz CT molecular complexity index is 555. The van der Waals surface area contributed by atoms with Crippen LogP contribution in [0.4, 0.5) is 15.8 Å². The molecule has 0 bridgehead atoms. The standard InChI is InChI=1S/C12H10Br2FN3/c13-8-1-2-10(15)7(3-8)4-18-12-9(14)5-17-6-11(12)16/h1-3,5-6H,4,16H2,(H,17,18). The van der Waals surface area contributed by atoms with E-state index < -0.39 is 0 Å². The molecule has 0 radical (unpaired) electrons. The van der Waals surface area contributed by atoms with Gasteiger partial charge >= 0.3 is 0 Å². The molecule has 2 rings (SSSR count). The number of halogens is 3. The van der Waals surface area contributed by atoms with Crippen molar-refractivity contribution in [3.05, 3.63) is 50.9 Å². The van der Waals surface area contributed by atoms with Crippen molar-refractivity contribution in [2.24, 2.45) is 0 Å². The Morgan fingerprint density at radius 3 is 2.78 bits per heavy atom. The number of nitrogen functional groups attached to an aromatic ring is 1. The van der Waals surface area contributed by atoms with E-state index in [0.29, 0.717) is 23.5 Å². The molecule has 0 aliphatic rings. The molecule has 1 heterocycles. The van der Waals surface area contributed by atoms with Crippen LogP contribution in [-0.2, 0) is 6.54 Å². The van der Waals surface area contributed by atoms with Crippen molar-refractivity contribution in [1.29, 1.82) is 0 Å². The molecule has 3 nitrogen and oxygen atoms in total. The number of pyridine rings is 1. The Kier molecular flexibility index (Phi) is 4.19. The van der Waals surface area contributed by atoms with Crippen molar-refractivity contribution in [1.82, 2.24) is 4.98 Å². The summed E-state index contributed by atoms with van der Waals surface area (Å²) in [6, 6.07) is 4.81. The molecule has 2 aromatic rings. The average Bonchev–Trinajstić information content (AvgIpc) is 2.33. The quantitative estimate of drug-likeness (QED) is 0.855. The molecule has 6 heteroatoms. The summed E-state index contributed by atoms with van der Waals surface area (Å²) < 4.78 is 15.1. The van der Waals surface area contributed by atoms with Crippen LogP contribution in [0.5, 0.6) is 0 Å². The normalized spacial score (nSPS) is 10.4. The molecule has 1 aromatic heterocycles. The highest BCUT2D eigenvalue weighted by Gasteiger charge is 2.07. The Hall–Kier alpha value is -1.14. The number of anilines is 2. The first-order valence-electron chi connectivity index (χ1n) is 5.14. The Balaban J connectivity index is 2.19. The second kappa shape index (κ2) is 5.67. The number of rotatable bonds is 3. The lowest BCUT2D eigenvalue weighted by Crippen LogP contribution is -2.05. The number of hydrogen-bond acceptors (Lipinski definition) is 3. The largest absolute Gasteiger partial charge is 0.396 e. The fraction of sp³-hybridized carbons (Fsp3) is 0.0833. The minimum atomic E-state index is -0.255. The number of hydrogen-bond donors (Lipinski definition) is 2. The maximum Gasteiger partial charge on any atom is 0.128 e. The van der Waals surface area contributed by atoms with E-state index in [4.69, 9.17) is 5.73 Å². The fourth-order valence-corrected chi connectivity index (χ4v) is 2.39. The van der Waals surface area contributed by atoms with Crippen molar-refractivity contribution >= 4 is 43.2 Å². The lowest BCUT2D eigenvalue weighted by molar-refractivity contribution is 0.612. The second-order valence-electron chi connectivity index (χ2n) is 3.67. The van der Waals surface area contributed by atoms with E-state index in [1.54, 1.807) is 24.5 Å². The summed E-state index contributed by atoms with van der Waals surface area (Å²) in [6.45, 7) is 0.345. The summed E-state index contributed by atoms with van der Waals surface area (Å²) in [5, 5.41) is 3.09. The third kappa shape index (κ3) is 3.00. The van der Waals surface area contributed by atoms with Crippen LogP contribution in [0.3, 0.4) is 0 Å². The van der Waals surface area contributed by atoms with Crippen LogP contribution in [0.1, 0.15) is 5.56 Å². The van der Waals surface area contributed by atoms with Gasteiger partial charge in [-0.1, -0.05) is 15.9 Å². The van der Waals surface area contributed by atoms with Gasteiger partial charge in [-0.25, -0.2) is 4.39 Å². The number of benzene rings is 1. The smallest absolute Gasteiger partial charge is 0.128 e. The monoisotopic (exact) mass is 373 g/mol. The minimum Gasteiger partial charge on any atom is -0.396 e. The van der Waals surface area contributed by atoms with Crippen LogP contribution < -0.4 is 11.1 Å². The van der Waals surface area contributed by atoms with E-state index in [0.717, 1.165) is 8.95 Å². The molecule has 0 saturated heterocycles. The molecule has 0 fully saturated rings. The zero-order chi connectivity index (χ0) is 13.1. The van der Waals surface area contributed by atoms with Crippen molar-refractivity contribution in [3.8, 4) is 0 Å². The van der Waals surface area contributed by atoms with Gasteiger partial charge in [-0.2, -0.15) is 0 Å². The Morgan fingerprint density at radius 2 is 2.06 bits per heavy atom. The average molecular weight is 375 g/mol. The summed E-state index contributed by atoms with van der Waals surface area (Å²) in [7, 11) is 0. The zero-order valence-corrected chi connectivity index (χ0v) is 12.4. The Labute approximate surface area is 121 Å². The van der Waals surface area contributed by atoms with Gasteiger partial charge in [-0.05, 0) is 34.1 Å². The third-order valence-corrected chi connectivity index (χ3v) is 3.49. The van der Waals surface area contributed by atoms with Crippen LogP contribution in [0.15, 0.2) is 39.5 Å². The number of nitrogens with zero attached hydrogens (tertiary/aromatic N) is 1. The molecule has 0 saturated carbocycles. The van der Waals surface area contributed by atoms with E-state index in [9.17, 15) is 4.39 Å². The highest BCUT2D eigenvalue weighted by molar-refractivity contribution is 9.10. The summed E-state index contributed by atoms with van der Waals surface area (Å²) in [5.41, 5.74) is 7.58. The first-order valence-corrected chi connectivity index (χ1v) is 6.73. The maximum absolute atomic E-state index is 13.6. The highest BCUT2D eigenvalue weighted by atomic mass is 79.9. The topological polar surface area (TPSA) is 50.9 Å². The van der Waals surface area contributed by atoms with Gasteiger partial charge in [0.2, 0.25) is 0 Å². The summed E-state index contributed by atoms with van der Waals surface area (Å²) >= 11 is 6.66. The maximum atomic E-state index is 13.6. The molecular weight excluding hydrogens is 365 g/mol. The number of nitrogens with two attached hydrogens (primary N) is 1. The lowest BCUT2D eigenvalue weighted by atomic mass is 10.2. The van der Waals surface area contributed by atoms with Crippen molar-refractivity contribution in [2.45, 2.75) is 6.54 Å². The molecule has 3 N–H and O–H groups in total. The molecule has 0 amide bonds. The molecule has 1 aromatic carbocycles. The molecule has 94 valence electrons. The number of aromatic nitrogens is 1. The minimum absolute atomic E-state index is 0.255. The van der Waals surface area contributed by atoms with E-state index >= 15 is 0 Å². The molecule has 0 unspecified atom stereocenters. The van der Waals surface area contributed by atoms with Gasteiger partial charge in [0.15, 0.2) is 0 Å². The molecule has 18 heavy (non-hydrogen) atoms. The van der Waals surface area contributed by atoms with Gasteiger partial charge in [-0.15, -0.1) is 0 Å². The van der Waals surface area contributed by atoms with Gasteiger partial charge < -0.3 is 11.1 Å². The predicted octanol–water partition coefficient (Wildman–Crippen LogP) is 3.94. The SMILES string of the molecule is Nc1cncc(Br)c1NCc1cc(Br)ccc1F. The summed E-state index contributed by atoms with van der Waals surface area (Å²) in [4.78, 5) is 3.94. The molecular formula is C12H10Br2FN3. The zero-order valence-electron chi connectivity index (χ0n) is 9.25. The Morgan fingerprint density at radius 1 is 1.28 bits per heavy atom. The van der Waals surface area contributed by atoms with E-state index in [1.807, 2.05) is 0 Å². The fourth-order valence-electron chi connectivity index (χ4n) is 1.50. The highest BCUT2D eigenvalue weighted by Crippen LogP contribution is 2.28. The predicted molar refractivity (Wildman–Crippen MR) is 77.8 cm³/mol. The van der Waals surface area contributed by atoms with Crippen molar-refractivity contribution in [3.63, 3.8) is 0 Å². The van der Waals surface area contributed by atoms with Crippen LogP contribution in [0.2, 0.25) is 0 Å². The third-order valence-electron chi connectivity index (χ3n) is 2.39. The summed E-state index contributed by atoms with van der Waals surface area (Å²) in [5.74, 6) is -0.255. The molecule has 0 spiro atoms. The molecule has 0 atom stereocenters. The van der Waals surface area contributed by atoms with Gasteiger partial charge in [0, 0.05) is 22.8 Å². The van der Waals surface area contributed by atoms with Gasteiger partial charge in [0.25, 0.3) is 0 Å². The molecule has 0 aliphatic heterocycles. The lowest BCUT2D eigenvalue weighted by Gasteiger charge is -2.11. The number of nitrogens with one attached hydrogen (secondary N) is 1. The van der Waals surface area contributed by atoms with Crippen LogP contribution >= 0.6 is 31.9 Å². The molecule has 0 aliphatic carbocycles. The van der Waals surface area contributed by atoms with Gasteiger partial charge in [-0.3, -0.25) is 4.98 Å². The van der Waals surface area contributed by atoms with Gasteiger partial charge in [0.05, 0.1) is 22.0 Å². The van der Waals surface area contributed by atoms with Crippen molar-refractivity contribution in [2.75, 3.05) is 11.1 Å².